The Morgan fingerprint density at radius 1 is 1.12 bits per heavy atom. The normalized spacial score (nSPS) is 16.1. The molecule has 1 amide bonds. The first-order chi connectivity index (χ1) is 11.7. The number of carbonyl (C=O) groups excluding carboxylic acids is 1. The van der Waals surface area contributed by atoms with Crippen LogP contribution in [0.2, 0.25) is 0 Å². The molecule has 1 atom stereocenters. The number of nitrogens with one attached hydrogen (secondary N) is 2. The van der Waals surface area contributed by atoms with Crippen LogP contribution in [0, 0.1) is 5.82 Å². The molecule has 134 valence electrons. The van der Waals surface area contributed by atoms with E-state index in [1.807, 2.05) is 24.3 Å². The Morgan fingerprint density at radius 2 is 1.76 bits per heavy atom. The van der Waals surface area contributed by atoms with Gasteiger partial charge in [-0.15, -0.1) is 12.4 Å². The van der Waals surface area contributed by atoms with Crippen molar-refractivity contribution in [3.05, 3.63) is 59.9 Å². The van der Waals surface area contributed by atoms with Gasteiger partial charge in [-0.05, 0) is 61.3 Å². The molecule has 4 nitrogen and oxygen atoms in total. The lowest BCUT2D eigenvalue weighted by molar-refractivity contribution is -0.121. The molecule has 25 heavy (non-hydrogen) atoms. The summed E-state index contributed by atoms with van der Waals surface area (Å²) >= 11 is 0. The number of ether oxygens (including phenoxy) is 1. The molecule has 6 heteroatoms. The molecule has 2 aromatic carbocycles. The molecule has 0 spiro atoms. The Kier molecular flexibility index (Phi) is 7.22. The highest BCUT2D eigenvalue weighted by Crippen LogP contribution is 2.21. The summed E-state index contributed by atoms with van der Waals surface area (Å²) in [6, 6.07) is 13.7. The van der Waals surface area contributed by atoms with Crippen LogP contribution >= 0.6 is 12.4 Å². The van der Waals surface area contributed by atoms with E-state index >= 15 is 0 Å². The fraction of sp³-hybridized carbons (Fsp3) is 0.316. The first-order valence-corrected chi connectivity index (χ1v) is 8.21. The van der Waals surface area contributed by atoms with Crippen molar-refractivity contribution in [2.75, 3.05) is 6.54 Å². The van der Waals surface area contributed by atoms with E-state index in [1.165, 1.54) is 12.1 Å². The van der Waals surface area contributed by atoms with Crippen LogP contribution in [0.5, 0.6) is 11.5 Å². The van der Waals surface area contributed by atoms with E-state index in [0.717, 1.165) is 24.9 Å². The Labute approximate surface area is 153 Å². The van der Waals surface area contributed by atoms with E-state index in [0.29, 0.717) is 30.5 Å². The smallest absolute Gasteiger partial charge is 0.221 e. The summed E-state index contributed by atoms with van der Waals surface area (Å²) in [6.45, 7) is 1.51. The van der Waals surface area contributed by atoms with E-state index in [4.69, 9.17) is 4.74 Å². The van der Waals surface area contributed by atoms with Gasteiger partial charge in [0.1, 0.15) is 17.3 Å². The summed E-state index contributed by atoms with van der Waals surface area (Å²) in [6.07, 6.45) is 2.75. The van der Waals surface area contributed by atoms with Crippen molar-refractivity contribution >= 4 is 18.3 Å². The minimum atomic E-state index is -0.291. The molecule has 0 saturated carbocycles. The Balaban J connectivity index is 0.00000225. The molecule has 0 aliphatic carbocycles. The Morgan fingerprint density at radius 3 is 2.36 bits per heavy atom. The van der Waals surface area contributed by atoms with E-state index < -0.39 is 0 Å². The van der Waals surface area contributed by atoms with Gasteiger partial charge in [0, 0.05) is 19.0 Å². The second-order valence-electron chi connectivity index (χ2n) is 5.97. The number of hydrogen-bond acceptors (Lipinski definition) is 3. The summed E-state index contributed by atoms with van der Waals surface area (Å²) in [5.41, 5.74) is 1.01. The van der Waals surface area contributed by atoms with Crippen molar-refractivity contribution in [1.29, 1.82) is 0 Å². The van der Waals surface area contributed by atoms with Crippen LogP contribution in [0.4, 0.5) is 4.39 Å². The average Bonchev–Trinajstić information content (AvgIpc) is 3.09. The summed E-state index contributed by atoms with van der Waals surface area (Å²) in [4.78, 5) is 11.9. The van der Waals surface area contributed by atoms with Gasteiger partial charge in [0.15, 0.2) is 0 Å². The topological polar surface area (TPSA) is 50.4 Å². The number of carbonyl (C=O) groups is 1. The first kappa shape index (κ1) is 19.2. The van der Waals surface area contributed by atoms with E-state index in [2.05, 4.69) is 10.6 Å². The minimum absolute atomic E-state index is 0. The van der Waals surface area contributed by atoms with Crippen LogP contribution in [0.25, 0.3) is 0 Å². The van der Waals surface area contributed by atoms with Crippen molar-refractivity contribution in [3.63, 3.8) is 0 Å². The molecule has 1 aliphatic heterocycles. The van der Waals surface area contributed by atoms with Crippen LogP contribution in [-0.2, 0) is 11.3 Å². The van der Waals surface area contributed by atoms with Gasteiger partial charge >= 0.3 is 0 Å². The third-order valence-corrected chi connectivity index (χ3v) is 4.06. The summed E-state index contributed by atoms with van der Waals surface area (Å²) in [5, 5.41) is 6.26. The van der Waals surface area contributed by atoms with Gasteiger partial charge < -0.3 is 15.4 Å². The van der Waals surface area contributed by atoms with Gasteiger partial charge in [-0.25, -0.2) is 4.39 Å². The highest BCUT2D eigenvalue weighted by molar-refractivity contribution is 5.85. The van der Waals surface area contributed by atoms with Crippen molar-refractivity contribution in [3.8, 4) is 11.5 Å². The lowest BCUT2D eigenvalue weighted by Gasteiger charge is -2.11. The zero-order valence-electron chi connectivity index (χ0n) is 13.8. The molecule has 3 rings (SSSR count). The summed E-state index contributed by atoms with van der Waals surface area (Å²) in [7, 11) is 0. The van der Waals surface area contributed by atoms with Crippen molar-refractivity contribution in [2.45, 2.75) is 31.8 Å². The van der Waals surface area contributed by atoms with E-state index in [-0.39, 0.29) is 24.1 Å². The Bertz CT molecular complexity index is 671. The maximum atomic E-state index is 12.9. The average molecular weight is 365 g/mol. The fourth-order valence-electron chi connectivity index (χ4n) is 2.74. The van der Waals surface area contributed by atoms with Crippen molar-refractivity contribution in [2.24, 2.45) is 0 Å². The monoisotopic (exact) mass is 364 g/mol. The summed E-state index contributed by atoms with van der Waals surface area (Å²) in [5.74, 6) is 1.04. The van der Waals surface area contributed by atoms with Crippen LogP contribution in [0.1, 0.15) is 24.8 Å². The second-order valence-corrected chi connectivity index (χ2v) is 5.97. The number of halogens is 2. The molecular weight excluding hydrogens is 343 g/mol. The molecule has 1 saturated heterocycles. The third kappa shape index (κ3) is 6.03. The Hall–Kier alpha value is -2.11. The molecule has 1 fully saturated rings. The zero-order valence-corrected chi connectivity index (χ0v) is 14.7. The zero-order chi connectivity index (χ0) is 16.8. The molecule has 2 aromatic rings. The predicted octanol–water partition coefficient (Wildman–Crippen LogP) is 3.80. The van der Waals surface area contributed by atoms with Crippen molar-refractivity contribution < 1.29 is 13.9 Å². The molecule has 0 bridgehead atoms. The van der Waals surface area contributed by atoms with E-state index in [9.17, 15) is 9.18 Å². The molecule has 0 aromatic heterocycles. The van der Waals surface area contributed by atoms with Gasteiger partial charge in [0.25, 0.3) is 0 Å². The van der Waals surface area contributed by atoms with Crippen LogP contribution < -0.4 is 15.4 Å². The number of amides is 1. The van der Waals surface area contributed by atoms with Crippen LogP contribution in [0.15, 0.2) is 48.5 Å². The number of benzene rings is 2. The standard InChI is InChI=1S/C19H21FN2O2.ClH/c20-15-5-9-18(10-6-15)24-17-7-3-14(4-8-17)13-22-19(23)12-16-2-1-11-21-16;/h3-10,16,21H,1-2,11-13H2,(H,22,23);1H. The van der Waals surface area contributed by atoms with Gasteiger partial charge in [-0.1, -0.05) is 12.1 Å². The van der Waals surface area contributed by atoms with Gasteiger partial charge in [-0.3, -0.25) is 4.79 Å². The van der Waals surface area contributed by atoms with Crippen molar-refractivity contribution in [1.82, 2.24) is 10.6 Å². The third-order valence-electron chi connectivity index (χ3n) is 4.06. The molecular formula is C19H22ClFN2O2. The summed E-state index contributed by atoms with van der Waals surface area (Å²) < 4.78 is 18.5. The maximum Gasteiger partial charge on any atom is 0.221 e. The number of hydrogen-bond donors (Lipinski definition) is 2. The van der Waals surface area contributed by atoms with Crippen LogP contribution in [0.3, 0.4) is 0 Å². The van der Waals surface area contributed by atoms with E-state index in [1.54, 1.807) is 12.1 Å². The SMILES string of the molecule is Cl.O=C(CC1CCCN1)NCc1ccc(Oc2ccc(F)cc2)cc1. The lowest BCUT2D eigenvalue weighted by Crippen LogP contribution is -2.31. The lowest BCUT2D eigenvalue weighted by atomic mass is 10.1. The molecule has 1 heterocycles. The maximum absolute atomic E-state index is 12.9. The molecule has 1 aliphatic rings. The van der Waals surface area contributed by atoms with Crippen LogP contribution in [-0.4, -0.2) is 18.5 Å². The van der Waals surface area contributed by atoms with Gasteiger partial charge in [-0.2, -0.15) is 0 Å². The number of rotatable bonds is 6. The highest BCUT2D eigenvalue weighted by atomic mass is 35.5. The molecule has 2 N–H and O–H groups in total. The molecule has 0 radical (unpaired) electrons. The minimum Gasteiger partial charge on any atom is -0.457 e. The molecule has 1 unspecified atom stereocenters. The first-order valence-electron chi connectivity index (χ1n) is 8.21. The largest absolute Gasteiger partial charge is 0.457 e. The predicted molar refractivity (Wildman–Crippen MR) is 97.7 cm³/mol. The van der Waals surface area contributed by atoms with Gasteiger partial charge in [0.2, 0.25) is 5.91 Å². The van der Waals surface area contributed by atoms with Gasteiger partial charge in [0.05, 0.1) is 0 Å². The second kappa shape index (κ2) is 9.39. The quantitative estimate of drug-likeness (QED) is 0.819. The fourth-order valence-corrected chi connectivity index (χ4v) is 2.74. The highest BCUT2D eigenvalue weighted by Gasteiger charge is 2.17.